The lowest BCUT2D eigenvalue weighted by atomic mass is 10.00. The second kappa shape index (κ2) is 9.42. The van der Waals surface area contributed by atoms with E-state index in [2.05, 4.69) is 25.6 Å². The number of pyridine rings is 2. The monoisotopic (exact) mass is 427 g/mol. The van der Waals surface area contributed by atoms with Gasteiger partial charge in [0.05, 0.1) is 5.69 Å². The first kappa shape index (κ1) is 21.2. The number of nitrogens with zero attached hydrogens (tertiary/aromatic N) is 2. The SMILES string of the molecule is [B]C(=O)NCCCC(=O)Nc1ccc2c(-c3ccncc3)c(-c3ccc(F)cc3)[nH]c2n1. The average Bonchev–Trinajstić information content (AvgIpc) is 3.16. The highest BCUT2D eigenvalue weighted by Gasteiger charge is 2.17. The molecular formula is C23H19BFN5O2. The molecule has 0 aliphatic rings. The van der Waals surface area contributed by atoms with E-state index in [9.17, 15) is 14.0 Å². The Morgan fingerprint density at radius 3 is 2.47 bits per heavy atom. The summed E-state index contributed by atoms with van der Waals surface area (Å²) in [6.45, 7) is 0.322. The molecule has 0 unspecified atom stereocenters. The van der Waals surface area contributed by atoms with Gasteiger partial charge in [-0.05, 0) is 66.1 Å². The molecule has 0 bridgehead atoms. The second-order valence-electron chi connectivity index (χ2n) is 7.15. The van der Waals surface area contributed by atoms with Gasteiger partial charge in [0.1, 0.15) is 17.3 Å². The minimum absolute atomic E-state index is 0.216. The van der Waals surface area contributed by atoms with Gasteiger partial charge >= 0.3 is 0 Å². The van der Waals surface area contributed by atoms with Crippen molar-refractivity contribution >= 4 is 36.4 Å². The number of anilines is 1. The lowest BCUT2D eigenvalue weighted by molar-refractivity contribution is -0.116. The molecule has 3 N–H and O–H groups in total. The maximum absolute atomic E-state index is 13.5. The number of H-pyrrole nitrogens is 1. The normalized spacial score (nSPS) is 10.8. The third kappa shape index (κ3) is 4.83. The molecule has 2 radical (unpaired) electrons. The van der Waals surface area contributed by atoms with E-state index in [1.165, 1.54) is 12.1 Å². The third-order valence-electron chi connectivity index (χ3n) is 4.91. The van der Waals surface area contributed by atoms with Crippen LogP contribution < -0.4 is 10.6 Å². The molecule has 0 saturated heterocycles. The number of rotatable bonds is 7. The Balaban J connectivity index is 1.64. The molecule has 9 heteroatoms. The summed E-state index contributed by atoms with van der Waals surface area (Å²) < 4.78 is 13.5. The first-order valence-corrected chi connectivity index (χ1v) is 10.0. The number of aromatic nitrogens is 3. The van der Waals surface area contributed by atoms with Gasteiger partial charge in [-0.2, -0.15) is 0 Å². The van der Waals surface area contributed by atoms with E-state index >= 15 is 0 Å². The molecule has 1 aromatic carbocycles. The maximum atomic E-state index is 13.5. The summed E-state index contributed by atoms with van der Waals surface area (Å²) in [7, 11) is 5.01. The van der Waals surface area contributed by atoms with Crippen molar-refractivity contribution in [2.75, 3.05) is 11.9 Å². The van der Waals surface area contributed by atoms with E-state index in [0.29, 0.717) is 24.4 Å². The number of benzene rings is 1. The molecule has 158 valence electrons. The zero-order chi connectivity index (χ0) is 22.5. The van der Waals surface area contributed by atoms with E-state index in [-0.39, 0.29) is 18.1 Å². The van der Waals surface area contributed by atoms with Crippen molar-refractivity contribution in [1.82, 2.24) is 20.3 Å². The summed E-state index contributed by atoms with van der Waals surface area (Å²) in [4.78, 5) is 34.8. The molecule has 4 aromatic rings. The van der Waals surface area contributed by atoms with Crippen LogP contribution in [0, 0.1) is 5.82 Å². The number of hydrogen-bond donors (Lipinski definition) is 3. The third-order valence-corrected chi connectivity index (χ3v) is 4.91. The number of amides is 2. The van der Waals surface area contributed by atoms with E-state index in [4.69, 9.17) is 7.85 Å². The Labute approximate surface area is 184 Å². The number of fused-ring (bicyclic) bond motifs is 1. The van der Waals surface area contributed by atoms with Crippen LogP contribution in [0.25, 0.3) is 33.4 Å². The zero-order valence-electron chi connectivity index (χ0n) is 17.1. The van der Waals surface area contributed by atoms with Gasteiger partial charge in [-0.3, -0.25) is 14.6 Å². The molecule has 0 spiro atoms. The molecular weight excluding hydrogens is 408 g/mol. The Kier molecular flexibility index (Phi) is 6.25. The number of nitrogens with one attached hydrogen (secondary N) is 3. The fraction of sp³-hybridized carbons (Fsp3) is 0.130. The van der Waals surface area contributed by atoms with Crippen LogP contribution in [0.4, 0.5) is 15.0 Å². The van der Waals surface area contributed by atoms with E-state index < -0.39 is 5.81 Å². The minimum Gasteiger partial charge on any atom is -0.366 e. The first-order valence-electron chi connectivity index (χ1n) is 10.0. The summed E-state index contributed by atoms with van der Waals surface area (Å²) in [6.07, 6.45) is 4.09. The Morgan fingerprint density at radius 1 is 1.00 bits per heavy atom. The van der Waals surface area contributed by atoms with E-state index in [1.807, 2.05) is 18.2 Å². The van der Waals surface area contributed by atoms with Crippen molar-refractivity contribution in [3.8, 4) is 22.4 Å². The van der Waals surface area contributed by atoms with Crippen molar-refractivity contribution in [3.05, 3.63) is 66.7 Å². The fourth-order valence-corrected chi connectivity index (χ4v) is 3.46. The van der Waals surface area contributed by atoms with Gasteiger partial charge in [0, 0.05) is 36.3 Å². The Hall–Kier alpha value is -4.01. The van der Waals surface area contributed by atoms with Crippen molar-refractivity contribution in [2.24, 2.45) is 0 Å². The average molecular weight is 427 g/mol. The highest BCUT2D eigenvalue weighted by Crippen LogP contribution is 2.38. The van der Waals surface area contributed by atoms with Gasteiger partial charge < -0.3 is 15.6 Å². The van der Waals surface area contributed by atoms with E-state index in [1.54, 1.807) is 30.6 Å². The highest BCUT2D eigenvalue weighted by atomic mass is 19.1. The summed E-state index contributed by atoms with van der Waals surface area (Å²) in [6, 6.07) is 13.6. The predicted molar refractivity (Wildman–Crippen MR) is 122 cm³/mol. The summed E-state index contributed by atoms with van der Waals surface area (Å²) in [5.41, 5.74) is 4.04. The summed E-state index contributed by atoms with van der Waals surface area (Å²) in [5, 5.41) is 6.07. The molecule has 4 rings (SSSR count). The van der Waals surface area contributed by atoms with Gasteiger partial charge in [0.15, 0.2) is 13.7 Å². The fourth-order valence-electron chi connectivity index (χ4n) is 3.46. The van der Waals surface area contributed by atoms with Crippen molar-refractivity contribution in [1.29, 1.82) is 0 Å². The molecule has 0 saturated carbocycles. The topological polar surface area (TPSA) is 99.8 Å². The van der Waals surface area contributed by atoms with Crippen LogP contribution in [0.3, 0.4) is 0 Å². The molecule has 3 aromatic heterocycles. The second-order valence-corrected chi connectivity index (χ2v) is 7.15. The standard InChI is InChI=1S/C23H19BFN5O2/c24-23(32)27-11-1-2-19(31)28-18-8-7-17-20(14-9-12-26-13-10-14)21(30-22(17)29-18)15-3-5-16(25)6-4-15/h3-10,12-13H,1-2,11H2,(H,27,32)(H2,28,29,30,31). The number of carbonyl (C=O) groups is 2. The molecule has 0 atom stereocenters. The van der Waals surface area contributed by atoms with Gasteiger partial charge in [0.2, 0.25) is 5.91 Å². The lowest BCUT2D eigenvalue weighted by Crippen LogP contribution is -2.23. The van der Waals surface area contributed by atoms with Crippen LogP contribution in [-0.2, 0) is 4.79 Å². The molecule has 7 nitrogen and oxygen atoms in total. The van der Waals surface area contributed by atoms with Gasteiger partial charge in [-0.1, -0.05) is 0 Å². The maximum Gasteiger partial charge on any atom is 0.225 e. The molecule has 0 aliphatic carbocycles. The quantitative estimate of drug-likeness (QED) is 0.306. The van der Waals surface area contributed by atoms with Crippen molar-refractivity contribution in [2.45, 2.75) is 12.8 Å². The zero-order valence-corrected chi connectivity index (χ0v) is 17.1. The van der Waals surface area contributed by atoms with Gasteiger partial charge in [-0.15, -0.1) is 0 Å². The molecule has 0 aliphatic heterocycles. The Morgan fingerprint density at radius 2 is 1.75 bits per heavy atom. The molecule has 3 heterocycles. The molecule has 0 fully saturated rings. The first-order chi connectivity index (χ1) is 15.5. The minimum atomic E-state index is -0.619. The summed E-state index contributed by atoms with van der Waals surface area (Å²) >= 11 is 0. The molecule has 2 amide bonds. The largest absolute Gasteiger partial charge is 0.366 e. The number of carbonyl (C=O) groups excluding carboxylic acids is 2. The number of halogens is 1. The summed E-state index contributed by atoms with van der Waals surface area (Å²) in [5.74, 6) is -0.753. The van der Waals surface area contributed by atoms with Crippen LogP contribution in [0.2, 0.25) is 0 Å². The van der Waals surface area contributed by atoms with Crippen LogP contribution in [0.5, 0.6) is 0 Å². The van der Waals surface area contributed by atoms with Crippen molar-refractivity contribution < 1.29 is 14.0 Å². The highest BCUT2D eigenvalue weighted by molar-refractivity contribution is 6.57. The van der Waals surface area contributed by atoms with E-state index in [0.717, 1.165) is 27.8 Å². The predicted octanol–water partition coefficient (Wildman–Crippen LogP) is 4.03. The lowest BCUT2D eigenvalue weighted by Gasteiger charge is -2.06. The number of aromatic amines is 1. The van der Waals surface area contributed by atoms with Crippen LogP contribution in [0.1, 0.15) is 12.8 Å². The van der Waals surface area contributed by atoms with Crippen molar-refractivity contribution in [3.63, 3.8) is 0 Å². The molecule has 32 heavy (non-hydrogen) atoms. The smallest absolute Gasteiger partial charge is 0.225 e. The Bertz CT molecular complexity index is 1260. The van der Waals surface area contributed by atoms with Crippen LogP contribution >= 0.6 is 0 Å². The van der Waals surface area contributed by atoms with Gasteiger partial charge in [-0.25, -0.2) is 9.37 Å². The van der Waals surface area contributed by atoms with Crippen LogP contribution in [0.15, 0.2) is 60.9 Å². The van der Waals surface area contributed by atoms with Crippen LogP contribution in [-0.4, -0.2) is 41.1 Å². The number of hydrogen-bond acceptors (Lipinski definition) is 4. The van der Waals surface area contributed by atoms with Gasteiger partial charge in [0.25, 0.3) is 0 Å².